The van der Waals surface area contributed by atoms with Crippen LogP contribution in [-0.4, -0.2) is 17.0 Å². The molecule has 1 heterocycles. The molecule has 4 nitrogen and oxygen atoms in total. The van der Waals surface area contributed by atoms with Crippen molar-refractivity contribution in [1.82, 2.24) is 4.98 Å². The molecule has 0 aromatic carbocycles. The van der Waals surface area contributed by atoms with Gasteiger partial charge in [0, 0.05) is 23.8 Å². The highest BCUT2D eigenvalue weighted by Gasteiger charge is 2.14. The SMILES string of the molecule is O=C([O-])Cc1csc(NC2CCCCC2)n1. The van der Waals surface area contributed by atoms with Crippen molar-refractivity contribution in [2.75, 3.05) is 5.32 Å². The maximum absolute atomic E-state index is 10.4. The highest BCUT2D eigenvalue weighted by molar-refractivity contribution is 7.13. The van der Waals surface area contributed by atoms with Crippen LogP contribution in [0.1, 0.15) is 37.8 Å². The van der Waals surface area contributed by atoms with E-state index in [0.717, 1.165) is 5.13 Å². The van der Waals surface area contributed by atoms with Crippen LogP contribution in [0.5, 0.6) is 0 Å². The highest BCUT2D eigenvalue weighted by atomic mass is 32.1. The number of carbonyl (C=O) groups excluding carboxylic acids is 1. The van der Waals surface area contributed by atoms with E-state index in [1.165, 1.54) is 43.4 Å². The van der Waals surface area contributed by atoms with E-state index in [4.69, 9.17) is 0 Å². The molecule has 0 aliphatic heterocycles. The summed E-state index contributed by atoms with van der Waals surface area (Å²) < 4.78 is 0. The molecule has 0 radical (unpaired) electrons. The van der Waals surface area contributed by atoms with E-state index >= 15 is 0 Å². The number of nitrogens with zero attached hydrogens (tertiary/aromatic N) is 1. The van der Waals surface area contributed by atoms with Crippen LogP contribution in [0.3, 0.4) is 0 Å². The summed E-state index contributed by atoms with van der Waals surface area (Å²) in [6, 6.07) is 0.510. The van der Waals surface area contributed by atoms with Crippen molar-refractivity contribution in [3.63, 3.8) is 0 Å². The minimum atomic E-state index is -1.07. The van der Waals surface area contributed by atoms with Crippen molar-refractivity contribution >= 4 is 22.4 Å². The van der Waals surface area contributed by atoms with Gasteiger partial charge in [0.15, 0.2) is 5.13 Å². The van der Waals surface area contributed by atoms with E-state index < -0.39 is 5.97 Å². The second kappa shape index (κ2) is 5.30. The molecule has 0 unspecified atom stereocenters. The molecule has 1 aliphatic carbocycles. The van der Waals surface area contributed by atoms with Crippen LogP contribution >= 0.6 is 11.3 Å². The fraction of sp³-hybridized carbons (Fsp3) is 0.636. The first kappa shape index (κ1) is 11.4. The fourth-order valence-corrected chi connectivity index (χ4v) is 2.81. The average molecular weight is 239 g/mol. The van der Waals surface area contributed by atoms with Gasteiger partial charge in [-0.1, -0.05) is 19.3 Å². The highest BCUT2D eigenvalue weighted by Crippen LogP contribution is 2.23. The van der Waals surface area contributed by atoms with E-state index in [1.54, 1.807) is 5.38 Å². The summed E-state index contributed by atoms with van der Waals surface area (Å²) in [6.07, 6.45) is 6.16. The second-order valence-electron chi connectivity index (χ2n) is 4.17. The summed E-state index contributed by atoms with van der Waals surface area (Å²) in [6.45, 7) is 0. The summed E-state index contributed by atoms with van der Waals surface area (Å²) in [5.41, 5.74) is 0.586. The van der Waals surface area contributed by atoms with E-state index in [-0.39, 0.29) is 6.42 Å². The largest absolute Gasteiger partial charge is 0.550 e. The quantitative estimate of drug-likeness (QED) is 0.857. The van der Waals surface area contributed by atoms with Gasteiger partial charge in [-0.2, -0.15) is 0 Å². The zero-order valence-corrected chi connectivity index (χ0v) is 9.89. The summed E-state index contributed by atoms with van der Waals surface area (Å²) in [5.74, 6) is -1.07. The van der Waals surface area contributed by atoms with Gasteiger partial charge in [-0.3, -0.25) is 0 Å². The molecule has 1 saturated carbocycles. The third-order valence-electron chi connectivity index (χ3n) is 2.81. The topological polar surface area (TPSA) is 65.0 Å². The second-order valence-corrected chi connectivity index (χ2v) is 5.03. The van der Waals surface area contributed by atoms with Crippen molar-refractivity contribution in [3.8, 4) is 0 Å². The Kier molecular flexibility index (Phi) is 3.77. The zero-order chi connectivity index (χ0) is 11.4. The lowest BCUT2D eigenvalue weighted by molar-refractivity contribution is -0.304. The Bertz CT molecular complexity index is 359. The smallest absolute Gasteiger partial charge is 0.183 e. The molecule has 0 amide bonds. The van der Waals surface area contributed by atoms with Crippen molar-refractivity contribution in [3.05, 3.63) is 11.1 Å². The number of rotatable bonds is 4. The Morgan fingerprint density at radius 3 is 2.94 bits per heavy atom. The molecule has 1 fully saturated rings. The number of thiazole rings is 1. The van der Waals surface area contributed by atoms with E-state index in [2.05, 4.69) is 10.3 Å². The lowest BCUT2D eigenvalue weighted by Crippen LogP contribution is -2.24. The molecule has 0 spiro atoms. The Labute approximate surface area is 98.7 Å². The maximum atomic E-state index is 10.4. The van der Waals surface area contributed by atoms with Crippen LogP contribution in [0.25, 0.3) is 0 Å². The molecular formula is C11H15N2O2S-. The molecule has 88 valence electrons. The standard InChI is InChI=1S/C11H16N2O2S/c14-10(15)6-9-7-16-11(13-9)12-8-4-2-1-3-5-8/h7-8H,1-6H2,(H,12,13)(H,14,15)/p-1. The minimum Gasteiger partial charge on any atom is -0.550 e. The number of hydrogen-bond donors (Lipinski definition) is 1. The minimum absolute atomic E-state index is 0.0944. The fourth-order valence-electron chi connectivity index (χ4n) is 2.02. The monoisotopic (exact) mass is 239 g/mol. The van der Waals surface area contributed by atoms with E-state index in [1.807, 2.05) is 0 Å². The van der Waals surface area contributed by atoms with Crippen LogP contribution in [0.15, 0.2) is 5.38 Å². The van der Waals surface area contributed by atoms with Crippen molar-refractivity contribution < 1.29 is 9.90 Å². The van der Waals surface area contributed by atoms with Crippen LogP contribution in [-0.2, 0) is 11.2 Å². The van der Waals surface area contributed by atoms with Gasteiger partial charge in [0.2, 0.25) is 0 Å². The first-order valence-corrected chi connectivity index (χ1v) is 6.53. The molecule has 16 heavy (non-hydrogen) atoms. The van der Waals surface area contributed by atoms with Gasteiger partial charge < -0.3 is 15.2 Å². The molecule has 1 aromatic heterocycles. The normalized spacial score (nSPS) is 17.2. The predicted octanol–water partition coefficient (Wildman–Crippen LogP) is 1.18. The van der Waals surface area contributed by atoms with Crippen LogP contribution in [0.4, 0.5) is 5.13 Å². The maximum Gasteiger partial charge on any atom is 0.183 e. The molecule has 0 saturated heterocycles. The number of carboxylic acid groups (broad SMARTS) is 1. The van der Waals surface area contributed by atoms with Crippen molar-refractivity contribution in [1.29, 1.82) is 0 Å². The first-order valence-electron chi connectivity index (χ1n) is 5.65. The predicted molar refractivity (Wildman–Crippen MR) is 61.3 cm³/mol. The molecule has 0 atom stereocenters. The lowest BCUT2D eigenvalue weighted by Gasteiger charge is -2.22. The molecule has 0 bridgehead atoms. The molecular weight excluding hydrogens is 224 g/mol. The number of anilines is 1. The number of aliphatic carboxylic acids is 1. The molecule has 2 rings (SSSR count). The van der Waals surface area contributed by atoms with Crippen LogP contribution in [0, 0.1) is 0 Å². The Morgan fingerprint density at radius 2 is 2.25 bits per heavy atom. The first-order chi connectivity index (χ1) is 7.74. The number of carboxylic acids is 1. The van der Waals surface area contributed by atoms with Crippen molar-refractivity contribution in [2.45, 2.75) is 44.6 Å². The number of aromatic nitrogens is 1. The molecule has 5 heteroatoms. The van der Waals surface area contributed by atoms with Gasteiger partial charge >= 0.3 is 0 Å². The summed E-state index contributed by atoms with van der Waals surface area (Å²) >= 11 is 1.47. The van der Waals surface area contributed by atoms with E-state index in [9.17, 15) is 9.90 Å². The third-order valence-corrected chi connectivity index (χ3v) is 3.63. The average Bonchev–Trinajstić information content (AvgIpc) is 2.66. The Morgan fingerprint density at radius 1 is 1.50 bits per heavy atom. The molecule has 1 aromatic rings. The number of hydrogen-bond acceptors (Lipinski definition) is 5. The van der Waals surface area contributed by atoms with E-state index in [0.29, 0.717) is 11.7 Å². The summed E-state index contributed by atoms with van der Waals surface area (Å²) in [4.78, 5) is 14.6. The number of nitrogens with one attached hydrogen (secondary N) is 1. The molecule has 1 N–H and O–H groups in total. The van der Waals surface area contributed by atoms with Gasteiger partial charge in [-0.05, 0) is 12.8 Å². The molecule has 1 aliphatic rings. The van der Waals surface area contributed by atoms with Crippen molar-refractivity contribution in [2.24, 2.45) is 0 Å². The third kappa shape index (κ3) is 3.20. The van der Waals surface area contributed by atoms with Gasteiger partial charge in [-0.25, -0.2) is 4.98 Å². The van der Waals surface area contributed by atoms with Gasteiger partial charge in [0.05, 0.1) is 5.69 Å². The van der Waals surface area contributed by atoms with Gasteiger partial charge in [0.25, 0.3) is 0 Å². The lowest BCUT2D eigenvalue weighted by atomic mass is 9.96. The summed E-state index contributed by atoms with van der Waals surface area (Å²) in [5, 5.41) is 16.4. The zero-order valence-electron chi connectivity index (χ0n) is 9.07. The van der Waals surface area contributed by atoms with Gasteiger partial charge in [0.1, 0.15) is 0 Å². The van der Waals surface area contributed by atoms with Crippen LogP contribution in [0.2, 0.25) is 0 Å². The summed E-state index contributed by atoms with van der Waals surface area (Å²) in [7, 11) is 0. The number of carbonyl (C=O) groups is 1. The van der Waals surface area contributed by atoms with Gasteiger partial charge in [-0.15, -0.1) is 11.3 Å². The Balaban J connectivity index is 1.88. The van der Waals surface area contributed by atoms with Crippen LogP contribution < -0.4 is 10.4 Å². The Hall–Kier alpha value is -1.10.